The molecule has 5 heteroatoms. The van der Waals surface area contributed by atoms with E-state index in [0.29, 0.717) is 22.5 Å². The van der Waals surface area contributed by atoms with Gasteiger partial charge in [0.1, 0.15) is 11.6 Å². The van der Waals surface area contributed by atoms with Crippen LogP contribution in [0.15, 0.2) is 29.4 Å². The third kappa shape index (κ3) is 3.60. The molecule has 0 bridgehead atoms. The van der Waals surface area contributed by atoms with Crippen LogP contribution in [0.2, 0.25) is 5.15 Å². The normalized spacial score (nSPS) is 10.3. The fraction of sp³-hybridized carbons (Fsp3) is 0.235. The number of nitriles is 1. The van der Waals surface area contributed by atoms with Crippen molar-refractivity contribution in [2.75, 3.05) is 5.75 Å². The molecule has 110 valence electrons. The highest BCUT2D eigenvalue weighted by Gasteiger charge is 2.15. The summed E-state index contributed by atoms with van der Waals surface area (Å²) in [5.41, 5.74) is 2.89. The first-order chi connectivity index (χ1) is 10.6. The summed E-state index contributed by atoms with van der Waals surface area (Å²) in [7, 11) is 0. The molecule has 0 aliphatic heterocycles. The van der Waals surface area contributed by atoms with Gasteiger partial charge < -0.3 is 0 Å². The van der Waals surface area contributed by atoms with Gasteiger partial charge in [0.2, 0.25) is 0 Å². The second kappa shape index (κ2) is 7.31. The van der Waals surface area contributed by atoms with E-state index < -0.39 is 0 Å². The number of rotatable bonds is 4. The van der Waals surface area contributed by atoms with E-state index in [4.69, 9.17) is 18.0 Å². The predicted octanol–water partition coefficient (Wildman–Crippen LogP) is 4.52. The zero-order valence-electron chi connectivity index (χ0n) is 12.3. The Bertz CT molecular complexity index is 755. The van der Waals surface area contributed by atoms with Gasteiger partial charge in [-0.2, -0.15) is 5.26 Å². The maximum Gasteiger partial charge on any atom is 0.190 e. The second-order valence-corrected chi connectivity index (χ2v) is 6.20. The highest BCUT2D eigenvalue weighted by molar-refractivity contribution is 7.99. The van der Waals surface area contributed by atoms with E-state index in [2.05, 4.69) is 35.8 Å². The molecule has 0 saturated carbocycles. The van der Waals surface area contributed by atoms with Crippen LogP contribution in [-0.2, 0) is 0 Å². The average Bonchev–Trinajstić information content (AvgIpc) is 2.52. The summed E-state index contributed by atoms with van der Waals surface area (Å²) in [5, 5.41) is 9.95. The largest absolute Gasteiger partial charge is 0.221 e. The number of hydrogen-bond donors (Lipinski definition) is 0. The van der Waals surface area contributed by atoms with Gasteiger partial charge in [-0.1, -0.05) is 67.4 Å². The highest BCUT2D eigenvalue weighted by Crippen LogP contribution is 2.29. The molecule has 0 aliphatic rings. The van der Waals surface area contributed by atoms with Crippen molar-refractivity contribution in [2.24, 2.45) is 0 Å². The number of nitrogens with zero attached hydrogens (tertiary/aromatic N) is 3. The Labute approximate surface area is 139 Å². The molecule has 0 N–H and O–H groups in total. The summed E-state index contributed by atoms with van der Waals surface area (Å²) < 4.78 is 0. The third-order valence-electron chi connectivity index (χ3n) is 3.09. The lowest BCUT2D eigenvalue weighted by Crippen LogP contribution is -1.98. The zero-order chi connectivity index (χ0) is 16.1. The average molecular weight is 328 g/mol. The number of hydrogen-bond acceptors (Lipinski definition) is 4. The molecule has 2 aromatic rings. The van der Waals surface area contributed by atoms with Crippen LogP contribution >= 0.6 is 23.4 Å². The minimum absolute atomic E-state index is 0.153. The van der Waals surface area contributed by atoms with Gasteiger partial charge in [0.25, 0.3) is 0 Å². The molecule has 1 aromatic carbocycles. The molecule has 0 aliphatic carbocycles. The molecular weight excluding hydrogens is 314 g/mol. The molecule has 1 heterocycles. The zero-order valence-corrected chi connectivity index (χ0v) is 13.9. The van der Waals surface area contributed by atoms with Crippen molar-refractivity contribution in [1.29, 1.82) is 5.26 Å². The monoisotopic (exact) mass is 327 g/mol. The SMILES string of the molecule is C#CCSc1nc(Cl)c(C#N)c(-c2ccc(C(C)C)cc2)n1. The fourth-order valence-corrected chi connectivity index (χ4v) is 2.70. The van der Waals surface area contributed by atoms with E-state index in [1.165, 1.54) is 17.3 Å². The Morgan fingerprint density at radius 3 is 2.50 bits per heavy atom. The van der Waals surface area contributed by atoms with Gasteiger partial charge in [-0.25, -0.2) is 9.97 Å². The third-order valence-corrected chi connectivity index (χ3v) is 4.12. The summed E-state index contributed by atoms with van der Waals surface area (Å²) in [4.78, 5) is 8.55. The van der Waals surface area contributed by atoms with Crippen LogP contribution in [-0.4, -0.2) is 15.7 Å². The van der Waals surface area contributed by atoms with Crippen molar-refractivity contribution in [3.63, 3.8) is 0 Å². The summed E-state index contributed by atoms with van der Waals surface area (Å²) in [5.74, 6) is 3.42. The van der Waals surface area contributed by atoms with Gasteiger partial charge in [-0.05, 0) is 11.5 Å². The Hall–Kier alpha value is -2.01. The van der Waals surface area contributed by atoms with E-state index in [0.717, 1.165) is 5.56 Å². The van der Waals surface area contributed by atoms with Gasteiger partial charge in [0.05, 0.1) is 11.4 Å². The van der Waals surface area contributed by atoms with Crippen molar-refractivity contribution in [2.45, 2.75) is 24.9 Å². The Morgan fingerprint density at radius 1 is 1.27 bits per heavy atom. The lowest BCUT2D eigenvalue weighted by atomic mass is 10.00. The van der Waals surface area contributed by atoms with Gasteiger partial charge >= 0.3 is 0 Å². The quantitative estimate of drug-likeness (QED) is 0.358. The number of thioether (sulfide) groups is 1. The lowest BCUT2D eigenvalue weighted by Gasteiger charge is -2.09. The highest BCUT2D eigenvalue weighted by atomic mass is 35.5. The Kier molecular flexibility index (Phi) is 5.44. The van der Waals surface area contributed by atoms with E-state index in [-0.39, 0.29) is 10.7 Å². The summed E-state index contributed by atoms with van der Waals surface area (Å²) in [6.07, 6.45) is 5.25. The fourth-order valence-electron chi connectivity index (χ4n) is 1.92. The molecule has 2 rings (SSSR count). The maximum atomic E-state index is 9.32. The molecule has 0 amide bonds. The minimum Gasteiger partial charge on any atom is -0.221 e. The molecule has 0 radical (unpaired) electrons. The topological polar surface area (TPSA) is 49.6 Å². The van der Waals surface area contributed by atoms with Crippen LogP contribution in [0.5, 0.6) is 0 Å². The number of benzene rings is 1. The van der Waals surface area contributed by atoms with Crippen LogP contribution in [0.25, 0.3) is 11.3 Å². The second-order valence-electron chi connectivity index (χ2n) is 4.90. The van der Waals surface area contributed by atoms with Gasteiger partial charge in [0.15, 0.2) is 10.3 Å². The van der Waals surface area contributed by atoms with Crippen LogP contribution in [0.1, 0.15) is 30.9 Å². The predicted molar refractivity (Wildman–Crippen MR) is 90.8 cm³/mol. The smallest absolute Gasteiger partial charge is 0.190 e. The van der Waals surface area contributed by atoms with Crippen molar-refractivity contribution >= 4 is 23.4 Å². The first kappa shape index (κ1) is 16.4. The van der Waals surface area contributed by atoms with Crippen LogP contribution in [0, 0.1) is 23.7 Å². The van der Waals surface area contributed by atoms with Gasteiger partial charge in [-0.3, -0.25) is 0 Å². The first-order valence-corrected chi connectivity index (χ1v) is 8.07. The first-order valence-electron chi connectivity index (χ1n) is 6.71. The minimum atomic E-state index is 0.153. The lowest BCUT2D eigenvalue weighted by molar-refractivity contribution is 0.866. The molecule has 0 fully saturated rings. The van der Waals surface area contributed by atoms with Crippen molar-refractivity contribution in [3.8, 4) is 29.7 Å². The Balaban J connectivity index is 2.50. The molecule has 0 saturated heterocycles. The number of aromatic nitrogens is 2. The number of terminal acetylenes is 1. The number of halogens is 1. The van der Waals surface area contributed by atoms with Crippen molar-refractivity contribution < 1.29 is 0 Å². The van der Waals surface area contributed by atoms with Crippen LogP contribution < -0.4 is 0 Å². The van der Waals surface area contributed by atoms with Crippen molar-refractivity contribution in [3.05, 3.63) is 40.5 Å². The maximum absolute atomic E-state index is 9.32. The van der Waals surface area contributed by atoms with Crippen molar-refractivity contribution in [1.82, 2.24) is 9.97 Å². The summed E-state index contributed by atoms with van der Waals surface area (Å²) in [6, 6.07) is 10.0. The molecule has 0 atom stereocenters. The van der Waals surface area contributed by atoms with Gasteiger partial charge in [0, 0.05) is 5.56 Å². The molecular formula is C17H14ClN3S. The molecule has 1 aromatic heterocycles. The standard InChI is InChI=1S/C17H14ClN3S/c1-4-9-22-17-20-15(14(10-19)16(18)21-17)13-7-5-12(6-8-13)11(2)3/h1,5-8,11H,9H2,2-3H3. The van der Waals surface area contributed by atoms with E-state index in [1.807, 2.05) is 24.3 Å². The van der Waals surface area contributed by atoms with E-state index >= 15 is 0 Å². The summed E-state index contributed by atoms with van der Waals surface area (Å²) >= 11 is 7.43. The molecule has 22 heavy (non-hydrogen) atoms. The van der Waals surface area contributed by atoms with Gasteiger partial charge in [-0.15, -0.1) is 6.42 Å². The van der Waals surface area contributed by atoms with E-state index in [1.54, 1.807) is 0 Å². The Morgan fingerprint density at radius 2 is 1.95 bits per heavy atom. The summed E-state index contributed by atoms with van der Waals surface area (Å²) in [6.45, 7) is 4.26. The van der Waals surface area contributed by atoms with Crippen LogP contribution in [0.3, 0.4) is 0 Å². The molecule has 0 unspecified atom stereocenters. The van der Waals surface area contributed by atoms with Crippen LogP contribution in [0.4, 0.5) is 0 Å². The van der Waals surface area contributed by atoms with E-state index in [9.17, 15) is 5.26 Å². The molecule has 3 nitrogen and oxygen atoms in total. The molecule has 0 spiro atoms.